The van der Waals surface area contributed by atoms with Crippen LogP contribution in [0.1, 0.15) is 117 Å². The predicted octanol–water partition coefficient (Wildman–Crippen LogP) is 7.42. The normalized spacial score (nSPS) is 12.5. The van der Waals surface area contributed by atoms with E-state index in [0.29, 0.717) is 6.42 Å². The molecule has 0 aliphatic heterocycles. The Labute approximate surface area is 179 Å². The van der Waals surface area contributed by atoms with Crippen molar-refractivity contribution in [1.82, 2.24) is 0 Å². The van der Waals surface area contributed by atoms with Gasteiger partial charge in [-0.05, 0) is 25.7 Å². The topological polar surface area (TPSA) is 52.6 Å². The van der Waals surface area contributed by atoms with Crippen LogP contribution < -0.4 is 0 Å². The molecule has 0 heterocycles. The molecule has 0 aliphatic carbocycles. The third kappa shape index (κ3) is 19.5. The largest absolute Gasteiger partial charge is 0.422 e. The van der Waals surface area contributed by atoms with Crippen molar-refractivity contribution < 1.29 is 19.1 Å². The summed E-state index contributed by atoms with van der Waals surface area (Å²) in [6, 6.07) is 0. The van der Waals surface area contributed by atoms with Crippen LogP contribution in [0.25, 0.3) is 0 Å². The Morgan fingerprint density at radius 1 is 0.621 bits per heavy atom. The number of allylic oxidation sites excluding steroid dienone is 2. The molecule has 0 aromatic carbocycles. The third-order valence-electron chi connectivity index (χ3n) is 4.79. The van der Waals surface area contributed by atoms with E-state index in [0.717, 1.165) is 25.7 Å². The van der Waals surface area contributed by atoms with E-state index in [2.05, 4.69) is 13.8 Å². The highest BCUT2D eigenvalue weighted by Crippen LogP contribution is 2.09. The number of unbranched alkanes of at least 4 members (excludes halogenated alkanes) is 12. The van der Waals surface area contributed by atoms with Crippen molar-refractivity contribution in [3.05, 3.63) is 24.3 Å². The first-order chi connectivity index (χ1) is 14.1. The van der Waals surface area contributed by atoms with Crippen LogP contribution in [-0.4, -0.2) is 18.2 Å². The van der Waals surface area contributed by atoms with Gasteiger partial charge in [0, 0.05) is 18.6 Å². The highest BCUT2D eigenvalue weighted by molar-refractivity contribution is 5.83. The van der Waals surface area contributed by atoms with E-state index in [1.165, 1.54) is 76.4 Å². The van der Waals surface area contributed by atoms with Gasteiger partial charge in [-0.3, -0.25) is 0 Å². The second-order valence-electron chi connectivity index (χ2n) is 7.63. The number of hydrogen-bond donors (Lipinski definition) is 0. The molecule has 0 radical (unpaired) electrons. The molecule has 4 heteroatoms. The first-order valence-electron chi connectivity index (χ1n) is 11.9. The van der Waals surface area contributed by atoms with E-state index in [1.54, 1.807) is 0 Å². The molecule has 0 bridgehead atoms. The van der Waals surface area contributed by atoms with E-state index >= 15 is 0 Å². The molecule has 0 aliphatic rings. The van der Waals surface area contributed by atoms with Crippen LogP contribution in [0, 0.1) is 0 Å². The Hall–Kier alpha value is -1.58. The zero-order valence-corrected chi connectivity index (χ0v) is 19.1. The van der Waals surface area contributed by atoms with Gasteiger partial charge in [0.25, 0.3) is 0 Å². The second-order valence-corrected chi connectivity index (χ2v) is 7.63. The first-order valence-corrected chi connectivity index (χ1v) is 11.9. The Kier molecular flexibility index (Phi) is 20.0. The van der Waals surface area contributed by atoms with E-state index in [9.17, 15) is 9.59 Å². The Bertz CT molecular complexity index is 414. The summed E-state index contributed by atoms with van der Waals surface area (Å²) < 4.78 is 10.4. The highest BCUT2D eigenvalue weighted by Gasteiger charge is 2.14. The van der Waals surface area contributed by atoms with Gasteiger partial charge >= 0.3 is 11.9 Å². The monoisotopic (exact) mass is 408 g/mol. The average molecular weight is 409 g/mol. The highest BCUT2D eigenvalue weighted by atomic mass is 16.7. The van der Waals surface area contributed by atoms with Crippen molar-refractivity contribution in [3.8, 4) is 0 Å². The van der Waals surface area contributed by atoms with Gasteiger partial charge in [0.2, 0.25) is 6.29 Å². The van der Waals surface area contributed by atoms with E-state index < -0.39 is 18.2 Å². The fourth-order valence-corrected chi connectivity index (χ4v) is 2.97. The maximum Gasteiger partial charge on any atom is 0.333 e. The summed E-state index contributed by atoms with van der Waals surface area (Å²) in [5, 5.41) is 0. The maximum absolute atomic E-state index is 11.9. The summed E-state index contributed by atoms with van der Waals surface area (Å²) in [6.45, 7) is 6.25. The molecule has 168 valence electrons. The van der Waals surface area contributed by atoms with Gasteiger partial charge in [-0.25, -0.2) is 9.59 Å². The summed E-state index contributed by atoms with van der Waals surface area (Å²) in [5.74, 6) is -0.904. The smallest absolute Gasteiger partial charge is 0.333 e. The van der Waals surface area contributed by atoms with Crippen LogP contribution in [-0.2, 0) is 19.1 Å². The molecule has 0 fully saturated rings. The Morgan fingerprint density at radius 3 is 1.38 bits per heavy atom. The molecule has 0 rings (SSSR count). The Morgan fingerprint density at radius 2 is 1.00 bits per heavy atom. The molecule has 0 N–H and O–H groups in total. The number of carbonyl (C=O) groups is 2. The number of hydrogen-bond acceptors (Lipinski definition) is 4. The minimum atomic E-state index is -0.826. The van der Waals surface area contributed by atoms with Crippen molar-refractivity contribution in [2.75, 3.05) is 0 Å². The number of ether oxygens (including phenoxy) is 2. The summed E-state index contributed by atoms with van der Waals surface area (Å²) in [4.78, 5) is 23.7. The van der Waals surface area contributed by atoms with Crippen LogP contribution in [0.4, 0.5) is 0 Å². The lowest BCUT2D eigenvalue weighted by molar-refractivity contribution is -0.181. The first kappa shape index (κ1) is 27.4. The fourth-order valence-electron chi connectivity index (χ4n) is 2.97. The lowest BCUT2D eigenvalue weighted by Crippen LogP contribution is -2.22. The molecule has 4 nitrogen and oxygen atoms in total. The zero-order chi connectivity index (χ0) is 21.6. The van der Waals surface area contributed by atoms with E-state index in [1.807, 2.05) is 19.1 Å². The van der Waals surface area contributed by atoms with Crippen molar-refractivity contribution in [2.45, 2.75) is 123 Å². The molecular formula is C25H44O4. The summed E-state index contributed by atoms with van der Waals surface area (Å²) in [5.41, 5.74) is 0. The molecule has 29 heavy (non-hydrogen) atoms. The molecule has 0 saturated heterocycles. The number of esters is 2. The van der Waals surface area contributed by atoms with Gasteiger partial charge in [0.15, 0.2) is 0 Å². The summed E-state index contributed by atoms with van der Waals surface area (Å²) in [6.07, 6.45) is 22.7. The van der Waals surface area contributed by atoms with Gasteiger partial charge < -0.3 is 9.47 Å². The van der Waals surface area contributed by atoms with Gasteiger partial charge in [0.05, 0.1) is 0 Å². The third-order valence-corrected chi connectivity index (χ3v) is 4.79. The quantitative estimate of drug-likeness (QED) is 0.0965. The van der Waals surface area contributed by atoms with Crippen molar-refractivity contribution in [2.24, 2.45) is 0 Å². The van der Waals surface area contributed by atoms with Gasteiger partial charge in [-0.15, -0.1) is 0 Å². The molecule has 0 atom stereocenters. The lowest BCUT2D eigenvalue weighted by atomic mass is 10.1. The molecule has 0 aromatic heterocycles. The van der Waals surface area contributed by atoms with Crippen molar-refractivity contribution in [1.29, 1.82) is 0 Å². The molecule has 0 unspecified atom stereocenters. The Balaban J connectivity index is 3.88. The number of carbonyl (C=O) groups excluding carboxylic acids is 2. The minimum absolute atomic E-state index is 0.439. The van der Waals surface area contributed by atoms with E-state index in [4.69, 9.17) is 9.47 Å². The van der Waals surface area contributed by atoms with Crippen molar-refractivity contribution >= 4 is 11.9 Å². The molecule has 0 aromatic rings. The molecule has 0 spiro atoms. The molecule has 0 amide bonds. The van der Waals surface area contributed by atoms with Crippen LogP contribution in [0.3, 0.4) is 0 Å². The minimum Gasteiger partial charge on any atom is -0.422 e. The van der Waals surface area contributed by atoms with Crippen molar-refractivity contribution in [3.63, 3.8) is 0 Å². The second kappa shape index (κ2) is 21.1. The maximum atomic E-state index is 11.9. The van der Waals surface area contributed by atoms with Crippen LogP contribution in [0.2, 0.25) is 0 Å². The predicted molar refractivity (Wildman–Crippen MR) is 121 cm³/mol. The SMILES string of the molecule is CCCCCCCCC=CC(=O)OC(CC)OC(=O)C=CCCCCCCCC. The fraction of sp³-hybridized carbons (Fsp3) is 0.760. The zero-order valence-electron chi connectivity index (χ0n) is 19.1. The van der Waals surface area contributed by atoms with Crippen LogP contribution in [0.15, 0.2) is 24.3 Å². The standard InChI is InChI=1S/C25H44O4/c1-4-7-9-11-13-15-17-19-21-23(26)28-25(6-3)29-24(27)22-20-18-16-14-12-10-8-5-2/h19-22,25H,4-18H2,1-3H3. The van der Waals surface area contributed by atoms with Gasteiger partial charge in [0.1, 0.15) is 0 Å². The average Bonchev–Trinajstić information content (AvgIpc) is 2.71. The summed E-state index contributed by atoms with van der Waals surface area (Å²) >= 11 is 0. The summed E-state index contributed by atoms with van der Waals surface area (Å²) in [7, 11) is 0. The lowest BCUT2D eigenvalue weighted by Gasteiger charge is -2.14. The van der Waals surface area contributed by atoms with Crippen LogP contribution in [0.5, 0.6) is 0 Å². The van der Waals surface area contributed by atoms with Gasteiger partial charge in [-0.2, -0.15) is 0 Å². The van der Waals surface area contributed by atoms with Crippen LogP contribution >= 0.6 is 0 Å². The van der Waals surface area contributed by atoms with E-state index in [-0.39, 0.29) is 0 Å². The molecule has 0 saturated carbocycles. The van der Waals surface area contributed by atoms with Gasteiger partial charge in [-0.1, -0.05) is 97.1 Å². The number of rotatable bonds is 19. The molecular weight excluding hydrogens is 364 g/mol.